The molecule has 0 atom stereocenters. The lowest BCUT2D eigenvalue weighted by molar-refractivity contribution is 0.0686. The highest BCUT2D eigenvalue weighted by Gasteiger charge is 2.18. The van der Waals surface area contributed by atoms with Crippen molar-refractivity contribution in [1.82, 2.24) is 5.16 Å². The molecule has 94 valence electrons. The second-order valence-electron chi connectivity index (χ2n) is 3.39. The van der Waals surface area contributed by atoms with Gasteiger partial charge in [-0.3, -0.25) is 0 Å². The third kappa shape index (κ3) is 2.10. The molecule has 1 heterocycles. The highest BCUT2D eigenvalue weighted by Crippen LogP contribution is 2.39. The molecule has 0 bridgehead atoms. The number of halogens is 1. The summed E-state index contributed by atoms with van der Waals surface area (Å²) in [5.41, 5.74) is -0.0531. The maximum atomic E-state index is 10.7. The lowest BCUT2D eigenvalue weighted by Gasteiger charge is -2.07. The molecule has 0 aliphatic heterocycles. The Hall–Kier alpha value is -2.21. The van der Waals surface area contributed by atoms with Crippen molar-refractivity contribution in [2.24, 2.45) is 0 Å². The number of benzene rings is 1. The molecule has 0 radical (unpaired) electrons. The van der Waals surface area contributed by atoms with Crippen molar-refractivity contribution in [3.05, 3.63) is 28.9 Å². The van der Waals surface area contributed by atoms with E-state index in [9.17, 15) is 9.90 Å². The van der Waals surface area contributed by atoms with Crippen molar-refractivity contribution in [2.75, 3.05) is 7.11 Å². The molecule has 2 rings (SSSR count). The Bertz CT molecular complexity index is 607. The van der Waals surface area contributed by atoms with Gasteiger partial charge in [-0.1, -0.05) is 16.8 Å². The van der Waals surface area contributed by atoms with Crippen LogP contribution in [0.15, 0.2) is 22.7 Å². The van der Waals surface area contributed by atoms with E-state index in [0.717, 1.165) is 0 Å². The van der Waals surface area contributed by atoms with Crippen LogP contribution in [-0.4, -0.2) is 28.4 Å². The number of aromatic hydroxyl groups is 1. The molecule has 0 unspecified atom stereocenters. The minimum absolute atomic E-state index is 0.0886. The van der Waals surface area contributed by atoms with E-state index in [-0.39, 0.29) is 28.5 Å². The number of aromatic nitrogens is 1. The van der Waals surface area contributed by atoms with Gasteiger partial charge in [-0.2, -0.15) is 0 Å². The van der Waals surface area contributed by atoms with Crippen molar-refractivity contribution in [3.8, 4) is 22.8 Å². The highest BCUT2D eigenvalue weighted by molar-refractivity contribution is 6.31. The molecular formula is C11H8ClNO5. The van der Waals surface area contributed by atoms with Crippen LogP contribution >= 0.6 is 11.6 Å². The zero-order valence-corrected chi connectivity index (χ0v) is 9.93. The molecule has 1 aromatic carbocycles. The number of carboxylic acid groups (broad SMARTS) is 1. The predicted octanol–water partition coefficient (Wildman–Crippen LogP) is 2.41. The minimum atomic E-state index is -1.22. The molecule has 0 fully saturated rings. The number of phenolic OH excluding ortho intramolecular Hbond substituents is 1. The number of methoxy groups -OCH3 is 1. The molecule has 2 aromatic rings. The van der Waals surface area contributed by atoms with E-state index in [1.165, 1.54) is 25.3 Å². The zero-order chi connectivity index (χ0) is 13.3. The monoisotopic (exact) mass is 269 g/mol. The Morgan fingerprint density at radius 3 is 2.72 bits per heavy atom. The minimum Gasteiger partial charge on any atom is -0.504 e. The van der Waals surface area contributed by atoms with Gasteiger partial charge in [0.05, 0.1) is 12.7 Å². The quantitative estimate of drug-likeness (QED) is 0.889. The standard InChI is InChI=1S/C11H8ClNO5/c1-17-9-3-5(12)2-6(10(9)14)8-4-7(11(15)16)13-18-8/h2-4,14H,1H3,(H,15,16). The van der Waals surface area contributed by atoms with Crippen LogP contribution in [0.3, 0.4) is 0 Å². The van der Waals surface area contributed by atoms with Crippen molar-refractivity contribution in [2.45, 2.75) is 0 Å². The molecular weight excluding hydrogens is 262 g/mol. The molecule has 0 aliphatic rings. The molecule has 0 amide bonds. The second-order valence-corrected chi connectivity index (χ2v) is 3.82. The fraction of sp³-hybridized carbons (Fsp3) is 0.0909. The molecule has 7 heteroatoms. The third-order valence-electron chi connectivity index (χ3n) is 2.25. The maximum Gasteiger partial charge on any atom is 0.358 e. The molecule has 18 heavy (non-hydrogen) atoms. The number of phenols is 1. The van der Waals surface area contributed by atoms with Crippen molar-refractivity contribution < 1.29 is 24.3 Å². The third-order valence-corrected chi connectivity index (χ3v) is 2.47. The first-order chi connectivity index (χ1) is 8.52. The summed E-state index contributed by atoms with van der Waals surface area (Å²) in [4.78, 5) is 10.7. The van der Waals surface area contributed by atoms with E-state index in [0.29, 0.717) is 5.02 Å². The smallest absolute Gasteiger partial charge is 0.358 e. The summed E-state index contributed by atoms with van der Waals surface area (Å²) < 4.78 is 9.77. The number of aromatic carboxylic acids is 1. The number of hydrogen-bond donors (Lipinski definition) is 2. The molecule has 0 saturated carbocycles. The molecule has 0 saturated heterocycles. The van der Waals surface area contributed by atoms with Crippen molar-refractivity contribution in [1.29, 1.82) is 0 Å². The second kappa shape index (κ2) is 4.58. The number of nitrogens with zero attached hydrogens (tertiary/aromatic N) is 1. The van der Waals surface area contributed by atoms with Gasteiger partial charge in [0.25, 0.3) is 0 Å². The van der Waals surface area contributed by atoms with Gasteiger partial charge in [0, 0.05) is 17.2 Å². The number of rotatable bonds is 3. The molecule has 2 N–H and O–H groups in total. The fourth-order valence-corrected chi connectivity index (χ4v) is 1.63. The normalized spacial score (nSPS) is 10.3. The lowest BCUT2D eigenvalue weighted by Crippen LogP contribution is -1.94. The van der Waals surface area contributed by atoms with E-state index < -0.39 is 5.97 Å². The summed E-state index contributed by atoms with van der Waals surface area (Å²) in [6.45, 7) is 0. The van der Waals surface area contributed by atoms with Gasteiger partial charge in [-0.15, -0.1) is 0 Å². The van der Waals surface area contributed by atoms with Gasteiger partial charge >= 0.3 is 5.97 Å². The van der Waals surface area contributed by atoms with Crippen molar-refractivity contribution in [3.63, 3.8) is 0 Å². The number of carboxylic acids is 1. The molecule has 0 aliphatic carbocycles. The summed E-state index contributed by atoms with van der Waals surface area (Å²) in [5, 5.41) is 22.3. The lowest BCUT2D eigenvalue weighted by atomic mass is 10.1. The van der Waals surface area contributed by atoms with Gasteiger partial charge in [0.1, 0.15) is 0 Å². The van der Waals surface area contributed by atoms with Crippen LogP contribution in [0.25, 0.3) is 11.3 Å². The summed E-state index contributed by atoms with van der Waals surface area (Å²) in [7, 11) is 1.37. The van der Waals surface area contributed by atoms with Gasteiger partial charge in [0.15, 0.2) is 23.0 Å². The van der Waals surface area contributed by atoms with E-state index in [1.807, 2.05) is 0 Å². The Kier molecular flexibility index (Phi) is 3.12. The Labute approximate surface area is 106 Å². The molecule has 1 aromatic heterocycles. The first-order valence-electron chi connectivity index (χ1n) is 4.80. The fourth-order valence-electron chi connectivity index (χ4n) is 1.42. The SMILES string of the molecule is COc1cc(Cl)cc(-c2cc(C(=O)O)no2)c1O. The van der Waals surface area contributed by atoms with Crippen LogP contribution in [0.5, 0.6) is 11.5 Å². The average Bonchev–Trinajstić information content (AvgIpc) is 2.81. The Morgan fingerprint density at radius 1 is 1.44 bits per heavy atom. The van der Waals surface area contributed by atoms with Gasteiger partial charge in [-0.25, -0.2) is 4.79 Å². The van der Waals surface area contributed by atoms with E-state index in [4.69, 9.17) is 26.0 Å². The number of carbonyl (C=O) groups is 1. The number of ether oxygens (including phenoxy) is 1. The maximum absolute atomic E-state index is 10.7. The first-order valence-corrected chi connectivity index (χ1v) is 5.17. The summed E-state index contributed by atoms with van der Waals surface area (Å²) in [5.74, 6) is -1.18. The number of hydrogen-bond acceptors (Lipinski definition) is 5. The topological polar surface area (TPSA) is 92.8 Å². The van der Waals surface area contributed by atoms with Gasteiger partial charge < -0.3 is 19.5 Å². The van der Waals surface area contributed by atoms with Crippen LogP contribution in [0.2, 0.25) is 5.02 Å². The largest absolute Gasteiger partial charge is 0.504 e. The molecule has 0 spiro atoms. The average molecular weight is 270 g/mol. The van der Waals surface area contributed by atoms with E-state index in [2.05, 4.69) is 5.16 Å². The summed E-state index contributed by atoms with van der Waals surface area (Å²) >= 11 is 5.85. The van der Waals surface area contributed by atoms with Crippen LogP contribution < -0.4 is 4.74 Å². The Morgan fingerprint density at radius 2 is 2.17 bits per heavy atom. The summed E-state index contributed by atoms with van der Waals surface area (Å²) in [6.07, 6.45) is 0. The summed E-state index contributed by atoms with van der Waals surface area (Å²) in [6, 6.07) is 4.04. The van der Waals surface area contributed by atoms with Crippen LogP contribution in [0, 0.1) is 0 Å². The van der Waals surface area contributed by atoms with Crippen LogP contribution in [-0.2, 0) is 0 Å². The van der Waals surface area contributed by atoms with E-state index in [1.54, 1.807) is 0 Å². The zero-order valence-electron chi connectivity index (χ0n) is 9.18. The Balaban J connectivity index is 2.55. The van der Waals surface area contributed by atoms with Crippen LogP contribution in [0.1, 0.15) is 10.5 Å². The first kappa shape index (κ1) is 12.3. The van der Waals surface area contributed by atoms with Crippen molar-refractivity contribution >= 4 is 17.6 Å². The molecule has 6 nitrogen and oxygen atoms in total. The van der Waals surface area contributed by atoms with Gasteiger partial charge in [-0.05, 0) is 6.07 Å². The highest BCUT2D eigenvalue weighted by atomic mass is 35.5. The van der Waals surface area contributed by atoms with Gasteiger partial charge in [0.2, 0.25) is 0 Å². The van der Waals surface area contributed by atoms with Crippen LogP contribution in [0.4, 0.5) is 0 Å². The predicted molar refractivity (Wildman–Crippen MR) is 62.1 cm³/mol. The van der Waals surface area contributed by atoms with E-state index >= 15 is 0 Å².